The number of ether oxygens (including phenoxy) is 1. The number of sulfonamides is 2. The van der Waals surface area contributed by atoms with Gasteiger partial charge in [0, 0.05) is 78.0 Å². The first-order valence-electron chi connectivity index (χ1n) is 10.3. The zero-order chi connectivity index (χ0) is 25.2. The Bertz CT molecular complexity index is 1000. The van der Waals surface area contributed by atoms with Crippen LogP contribution < -0.4 is 0 Å². The number of hydrogen-bond acceptors (Lipinski definition) is 11. The quantitative estimate of drug-likeness (QED) is 0.269. The Labute approximate surface area is 197 Å². The Balaban J connectivity index is 2.06. The van der Waals surface area contributed by atoms with Crippen molar-refractivity contribution in [2.45, 2.75) is 10.9 Å². The van der Waals surface area contributed by atoms with E-state index < -0.39 is 50.6 Å². The first-order chi connectivity index (χ1) is 14.9. The highest BCUT2D eigenvalue weighted by molar-refractivity contribution is 7.92. The summed E-state index contributed by atoms with van der Waals surface area (Å²) in [5.41, 5.74) is -2.83. The molecule has 0 aromatic rings. The molecule has 13 nitrogen and oxygen atoms in total. The molecule has 2 fully saturated rings. The smallest absolute Gasteiger partial charge is 0.211 e. The van der Waals surface area contributed by atoms with Gasteiger partial charge in [0.2, 0.25) is 20.0 Å². The van der Waals surface area contributed by atoms with Gasteiger partial charge in [-0.15, -0.1) is 0 Å². The Morgan fingerprint density at radius 2 is 0.818 bits per heavy atom. The zero-order valence-corrected chi connectivity index (χ0v) is 22.6. The zero-order valence-electron chi connectivity index (χ0n) is 19.3. The lowest BCUT2D eigenvalue weighted by atomic mass is 10.3. The fourth-order valence-electron chi connectivity index (χ4n) is 3.64. The highest BCUT2D eigenvalue weighted by Gasteiger charge is 2.35. The van der Waals surface area contributed by atoms with Crippen molar-refractivity contribution in [3.05, 3.63) is 0 Å². The molecule has 0 bridgehead atoms. The van der Waals surface area contributed by atoms with E-state index in [0.29, 0.717) is 26.2 Å². The monoisotopic (exact) mass is 554 g/mol. The molecule has 2 aliphatic heterocycles. The van der Waals surface area contributed by atoms with Crippen LogP contribution in [0.25, 0.3) is 0 Å². The second-order valence-electron chi connectivity index (χ2n) is 8.58. The van der Waals surface area contributed by atoms with Crippen molar-refractivity contribution in [3.8, 4) is 0 Å². The van der Waals surface area contributed by atoms with E-state index in [1.54, 1.807) is 9.80 Å². The Morgan fingerprint density at radius 1 is 0.545 bits per heavy atom. The van der Waals surface area contributed by atoms with Gasteiger partial charge in [-0.05, 0) is 0 Å². The van der Waals surface area contributed by atoms with Crippen LogP contribution in [0, 0.1) is 0 Å². The fourth-order valence-corrected chi connectivity index (χ4v) is 7.00. The molecule has 17 heteroatoms. The van der Waals surface area contributed by atoms with Gasteiger partial charge in [-0.1, -0.05) is 0 Å². The summed E-state index contributed by atoms with van der Waals surface area (Å²) < 4.78 is 105. The van der Waals surface area contributed by atoms with Gasteiger partial charge in [0.25, 0.3) is 0 Å². The average molecular weight is 555 g/mol. The van der Waals surface area contributed by atoms with Gasteiger partial charge < -0.3 is 4.74 Å². The number of piperazine rings is 2. The molecule has 33 heavy (non-hydrogen) atoms. The molecule has 0 aromatic heterocycles. The van der Waals surface area contributed by atoms with Crippen LogP contribution in [0.15, 0.2) is 0 Å². The van der Waals surface area contributed by atoms with Crippen molar-refractivity contribution in [2.75, 3.05) is 90.5 Å². The molecule has 2 atom stereocenters. The lowest BCUT2D eigenvalue weighted by Gasteiger charge is -2.37. The van der Waals surface area contributed by atoms with Crippen LogP contribution in [0.2, 0.25) is 0 Å². The Hall–Kier alpha value is -0.400. The van der Waals surface area contributed by atoms with Gasteiger partial charge in [-0.25, -0.2) is 33.7 Å². The second-order valence-corrected chi connectivity index (χ2v) is 16.9. The van der Waals surface area contributed by atoms with Crippen molar-refractivity contribution in [2.24, 2.45) is 0 Å². The van der Waals surface area contributed by atoms with E-state index in [1.165, 1.54) is 8.61 Å². The number of nitrogens with zero attached hydrogens (tertiary/aromatic N) is 4. The number of hydrogen-bond donors (Lipinski definition) is 0. The van der Waals surface area contributed by atoms with Crippen molar-refractivity contribution in [3.63, 3.8) is 0 Å². The summed E-state index contributed by atoms with van der Waals surface area (Å²) in [6.07, 6.45) is 4.15. The van der Waals surface area contributed by atoms with Crippen LogP contribution in [-0.2, 0) is 44.5 Å². The molecular weight excluding hydrogens is 520 g/mol. The maximum atomic E-state index is 12.4. The highest BCUT2D eigenvalue weighted by Crippen LogP contribution is 2.16. The summed E-state index contributed by atoms with van der Waals surface area (Å²) in [6, 6.07) is 0. The van der Waals surface area contributed by atoms with E-state index in [2.05, 4.69) is 0 Å². The van der Waals surface area contributed by atoms with Crippen molar-refractivity contribution >= 4 is 39.7 Å². The van der Waals surface area contributed by atoms with E-state index in [0.717, 1.165) is 25.0 Å². The molecule has 0 spiro atoms. The summed E-state index contributed by atoms with van der Waals surface area (Å²) in [5, 5.41) is 0. The molecular formula is C16H34N4O9S4. The summed E-state index contributed by atoms with van der Waals surface area (Å²) >= 11 is 0. The first-order valence-corrected chi connectivity index (χ1v) is 17.9. The van der Waals surface area contributed by atoms with Gasteiger partial charge in [0.05, 0.1) is 12.5 Å². The molecule has 2 heterocycles. The van der Waals surface area contributed by atoms with E-state index in [-0.39, 0.29) is 39.3 Å². The van der Waals surface area contributed by atoms with Crippen LogP contribution in [0.4, 0.5) is 0 Å². The minimum atomic E-state index is -3.80. The summed E-state index contributed by atoms with van der Waals surface area (Å²) in [7, 11) is -14.3. The molecule has 0 amide bonds. The minimum Gasteiger partial charge on any atom is -0.340 e. The normalized spacial score (nSPS) is 23.4. The Kier molecular flexibility index (Phi) is 9.34. The lowest BCUT2D eigenvalue weighted by Crippen LogP contribution is -2.53. The molecule has 196 valence electrons. The third kappa shape index (κ3) is 8.96. The molecule has 2 aliphatic rings. The third-order valence-corrected chi connectivity index (χ3v) is 10.7. The minimum absolute atomic E-state index is 0.0929. The molecule has 0 aromatic carbocycles. The van der Waals surface area contributed by atoms with Crippen molar-refractivity contribution in [1.82, 2.24) is 18.4 Å². The standard InChI is InChI=1S/C16H34N4O9S4/c1-30(21,22)15(13-17-5-9-19(10-6-17)32(3,25)26)29-16(31(2,23)24)14-18-7-11-20(12-8-18)33(4,27)28/h15-16H,5-14H2,1-4H3. The second kappa shape index (κ2) is 10.7. The van der Waals surface area contributed by atoms with Crippen LogP contribution in [0.1, 0.15) is 0 Å². The lowest BCUT2D eigenvalue weighted by molar-refractivity contribution is 0.0247. The Morgan fingerprint density at radius 3 is 1.03 bits per heavy atom. The SMILES string of the molecule is CS(=O)(=O)C(CN1CCN(S(C)(=O)=O)CC1)OC(CN1CCN(S(C)(=O)=O)CC1)S(C)(=O)=O. The molecule has 2 saturated heterocycles. The van der Waals surface area contributed by atoms with Gasteiger partial charge in [0.1, 0.15) is 0 Å². The van der Waals surface area contributed by atoms with Gasteiger partial charge in [-0.2, -0.15) is 8.61 Å². The predicted octanol–water partition coefficient (Wildman–Crippen LogP) is -3.10. The molecule has 2 unspecified atom stereocenters. The fraction of sp³-hybridized carbons (Fsp3) is 1.00. The van der Waals surface area contributed by atoms with Crippen LogP contribution in [-0.4, -0.2) is 153 Å². The molecule has 0 radical (unpaired) electrons. The van der Waals surface area contributed by atoms with Crippen molar-refractivity contribution in [1.29, 1.82) is 0 Å². The molecule has 0 aliphatic carbocycles. The highest BCUT2D eigenvalue weighted by atomic mass is 32.2. The van der Waals surface area contributed by atoms with Gasteiger partial charge in [-0.3, -0.25) is 9.80 Å². The van der Waals surface area contributed by atoms with E-state index in [9.17, 15) is 33.7 Å². The molecule has 2 rings (SSSR count). The molecule has 0 saturated carbocycles. The number of rotatable bonds is 10. The predicted molar refractivity (Wildman–Crippen MR) is 124 cm³/mol. The van der Waals surface area contributed by atoms with Crippen LogP contribution >= 0.6 is 0 Å². The average Bonchev–Trinajstić information content (AvgIpc) is 2.64. The van der Waals surface area contributed by atoms with Gasteiger partial charge >= 0.3 is 0 Å². The van der Waals surface area contributed by atoms with Gasteiger partial charge in [0.15, 0.2) is 30.5 Å². The third-order valence-electron chi connectivity index (χ3n) is 5.67. The van der Waals surface area contributed by atoms with E-state index >= 15 is 0 Å². The van der Waals surface area contributed by atoms with Crippen molar-refractivity contribution < 1.29 is 38.4 Å². The van der Waals surface area contributed by atoms with Crippen LogP contribution in [0.5, 0.6) is 0 Å². The number of sulfone groups is 2. The summed E-state index contributed by atoms with van der Waals surface area (Å²) in [4.78, 5) is 3.47. The van der Waals surface area contributed by atoms with E-state index in [4.69, 9.17) is 4.74 Å². The maximum absolute atomic E-state index is 12.4. The van der Waals surface area contributed by atoms with E-state index in [1.807, 2.05) is 0 Å². The first kappa shape index (κ1) is 28.8. The largest absolute Gasteiger partial charge is 0.340 e. The maximum Gasteiger partial charge on any atom is 0.211 e. The summed E-state index contributed by atoms with van der Waals surface area (Å²) in [6.45, 7) is 1.79. The topological polar surface area (TPSA) is 159 Å². The van der Waals surface area contributed by atoms with Crippen LogP contribution in [0.3, 0.4) is 0 Å². The molecule has 0 N–H and O–H groups in total. The summed E-state index contributed by atoms with van der Waals surface area (Å²) in [5.74, 6) is 0.